The minimum Gasteiger partial charge on any atom is -0.481 e. The second-order valence-electron chi connectivity index (χ2n) is 4.90. The van der Waals surface area contributed by atoms with Gasteiger partial charge in [0.15, 0.2) is 6.10 Å². The highest BCUT2D eigenvalue weighted by atomic mass is 79.9. The first-order valence-corrected chi connectivity index (χ1v) is 8.20. The summed E-state index contributed by atoms with van der Waals surface area (Å²) in [4.78, 5) is 4.36. The number of aromatic nitrogens is 4. The Morgan fingerprint density at radius 2 is 2.30 bits per heavy atom. The van der Waals surface area contributed by atoms with E-state index in [-0.39, 0.29) is 6.10 Å². The predicted octanol–water partition coefficient (Wildman–Crippen LogP) is 4.06. The van der Waals surface area contributed by atoms with Crippen LogP contribution in [0.25, 0.3) is 0 Å². The molecule has 0 saturated heterocycles. The highest BCUT2D eigenvalue weighted by molar-refractivity contribution is 9.10. The van der Waals surface area contributed by atoms with Gasteiger partial charge in [0.25, 0.3) is 0 Å². The van der Waals surface area contributed by atoms with Crippen LogP contribution in [0.3, 0.4) is 0 Å². The van der Waals surface area contributed by atoms with Crippen LogP contribution in [0.2, 0.25) is 5.02 Å². The van der Waals surface area contributed by atoms with E-state index in [0.29, 0.717) is 35.5 Å². The van der Waals surface area contributed by atoms with Crippen molar-refractivity contribution in [3.8, 4) is 5.75 Å². The van der Waals surface area contributed by atoms with E-state index in [4.69, 9.17) is 20.9 Å². The topological polar surface area (TPSA) is 66.0 Å². The van der Waals surface area contributed by atoms with E-state index in [9.17, 15) is 0 Å². The molecule has 0 amide bonds. The average molecular weight is 398 g/mol. The lowest BCUT2D eigenvalue weighted by molar-refractivity contribution is 0.210. The molecule has 0 saturated carbocycles. The van der Waals surface area contributed by atoms with Crippen molar-refractivity contribution in [1.29, 1.82) is 0 Å². The van der Waals surface area contributed by atoms with Gasteiger partial charge in [-0.2, -0.15) is 10.1 Å². The Morgan fingerprint density at radius 1 is 1.43 bits per heavy atom. The molecule has 0 N–H and O–H groups in total. The number of nitrogens with zero attached hydrogens (tertiary/aromatic N) is 4. The Balaban J connectivity index is 1.62. The molecule has 1 atom stereocenters. The molecule has 2 aromatic heterocycles. The van der Waals surface area contributed by atoms with Crippen molar-refractivity contribution < 1.29 is 9.26 Å². The predicted molar refractivity (Wildman–Crippen MR) is 88.4 cm³/mol. The number of ether oxygens (including phenoxy) is 1. The van der Waals surface area contributed by atoms with Gasteiger partial charge in [-0.15, -0.1) is 0 Å². The molecule has 120 valence electrons. The van der Waals surface area contributed by atoms with Crippen LogP contribution in [0.5, 0.6) is 5.75 Å². The fourth-order valence-corrected chi connectivity index (χ4v) is 2.71. The van der Waals surface area contributed by atoms with Crippen molar-refractivity contribution in [3.05, 3.63) is 57.9 Å². The Labute approximate surface area is 146 Å². The molecule has 6 nitrogen and oxygen atoms in total. The molecule has 0 aliphatic rings. The molecule has 23 heavy (non-hydrogen) atoms. The zero-order chi connectivity index (χ0) is 16.2. The van der Waals surface area contributed by atoms with Crippen LogP contribution in [-0.4, -0.2) is 19.9 Å². The van der Waals surface area contributed by atoms with E-state index in [1.807, 2.05) is 29.9 Å². The van der Waals surface area contributed by atoms with Gasteiger partial charge in [0.1, 0.15) is 5.75 Å². The zero-order valence-electron chi connectivity index (χ0n) is 12.3. The first kappa shape index (κ1) is 16.0. The van der Waals surface area contributed by atoms with E-state index in [0.717, 1.165) is 4.47 Å². The van der Waals surface area contributed by atoms with Crippen LogP contribution in [0.4, 0.5) is 0 Å². The van der Waals surface area contributed by atoms with Gasteiger partial charge in [0.2, 0.25) is 11.7 Å². The van der Waals surface area contributed by atoms with Crippen molar-refractivity contribution in [2.75, 3.05) is 0 Å². The van der Waals surface area contributed by atoms with Gasteiger partial charge in [-0.05, 0) is 31.2 Å². The van der Waals surface area contributed by atoms with Crippen LogP contribution < -0.4 is 4.74 Å². The summed E-state index contributed by atoms with van der Waals surface area (Å²) in [5, 5.41) is 8.62. The van der Waals surface area contributed by atoms with Crippen molar-refractivity contribution in [3.63, 3.8) is 0 Å². The summed E-state index contributed by atoms with van der Waals surface area (Å²) in [6.07, 6.45) is 3.87. The second-order valence-corrected chi connectivity index (χ2v) is 6.22. The third-order valence-corrected chi connectivity index (χ3v) is 3.95. The summed E-state index contributed by atoms with van der Waals surface area (Å²) >= 11 is 9.50. The van der Waals surface area contributed by atoms with E-state index in [2.05, 4.69) is 31.2 Å². The van der Waals surface area contributed by atoms with E-state index < -0.39 is 0 Å². The Morgan fingerprint density at radius 3 is 3.04 bits per heavy atom. The summed E-state index contributed by atoms with van der Waals surface area (Å²) in [5.41, 5.74) is 0. The molecule has 0 aliphatic carbocycles. The summed E-state index contributed by atoms with van der Waals surface area (Å²) in [5.74, 6) is 1.61. The minimum absolute atomic E-state index is 0.365. The van der Waals surface area contributed by atoms with Crippen LogP contribution >= 0.6 is 27.5 Å². The van der Waals surface area contributed by atoms with Gasteiger partial charge in [-0.3, -0.25) is 4.68 Å². The molecule has 1 aromatic carbocycles. The van der Waals surface area contributed by atoms with Crippen LogP contribution in [0.15, 0.2) is 45.7 Å². The Bertz CT molecular complexity index is 776. The molecular weight excluding hydrogens is 384 g/mol. The number of rotatable bonds is 6. The molecule has 1 unspecified atom stereocenters. The van der Waals surface area contributed by atoms with Gasteiger partial charge in [0, 0.05) is 29.8 Å². The summed E-state index contributed by atoms with van der Waals surface area (Å²) in [7, 11) is 0. The van der Waals surface area contributed by atoms with Gasteiger partial charge in [-0.25, -0.2) is 0 Å². The molecule has 0 aliphatic heterocycles. The summed E-state index contributed by atoms with van der Waals surface area (Å²) in [6, 6.07) is 7.30. The number of hydrogen-bond acceptors (Lipinski definition) is 5. The van der Waals surface area contributed by atoms with E-state index >= 15 is 0 Å². The van der Waals surface area contributed by atoms with Crippen LogP contribution in [0.1, 0.15) is 24.7 Å². The van der Waals surface area contributed by atoms with Gasteiger partial charge >= 0.3 is 0 Å². The van der Waals surface area contributed by atoms with Crippen molar-refractivity contribution >= 4 is 27.5 Å². The first-order valence-electron chi connectivity index (χ1n) is 7.03. The smallest absolute Gasteiger partial charge is 0.228 e. The molecule has 0 fully saturated rings. The number of aryl methyl sites for hydroxylation is 2. The Kier molecular flexibility index (Phi) is 4.97. The highest BCUT2D eigenvalue weighted by Crippen LogP contribution is 2.30. The summed E-state index contributed by atoms with van der Waals surface area (Å²) < 4.78 is 13.7. The van der Waals surface area contributed by atoms with Gasteiger partial charge < -0.3 is 9.26 Å². The summed E-state index contributed by atoms with van der Waals surface area (Å²) in [6.45, 7) is 2.53. The maximum absolute atomic E-state index is 6.14. The second kappa shape index (κ2) is 7.14. The maximum Gasteiger partial charge on any atom is 0.228 e. The Hall–Kier alpha value is -1.86. The van der Waals surface area contributed by atoms with Crippen molar-refractivity contribution in [2.24, 2.45) is 0 Å². The van der Waals surface area contributed by atoms with E-state index in [1.165, 1.54) is 0 Å². The lowest BCUT2D eigenvalue weighted by atomic mass is 10.3. The molecule has 0 spiro atoms. The van der Waals surface area contributed by atoms with Gasteiger partial charge in [0.05, 0.1) is 5.02 Å². The molecule has 2 heterocycles. The zero-order valence-corrected chi connectivity index (χ0v) is 14.7. The lowest BCUT2D eigenvalue weighted by Gasteiger charge is -2.12. The van der Waals surface area contributed by atoms with Crippen LogP contribution in [0, 0.1) is 0 Å². The first-order chi connectivity index (χ1) is 11.1. The highest BCUT2D eigenvalue weighted by Gasteiger charge is 2.16. The fourth-order valence-electron chi connectivity index (χ4n) is 1.99. The molecular formula is C15H14BrClN4O2. The number of benzene rings is 1. The van der Waals surface area contributed by atoms with E-state index in [1.54, 1.807) is 18.3 Å². The minimum atomic E-state index is -0.365. The molecule has 8 heteroatoms. The monoisotopic (exact) mass is 396 g/mol. The largest absolute Gasteiger partial charge is 0.481 e. The number of halogens is 2. The van der Waals surface area contributed by atoms with Crippen molar-refractivity contribution in [2.45, 2.75) is 26.0 Å². The van der Waals surface area contributed by atoms with Crippen LogP contribution in [-0.2, 0) is 13.0 Å². The quantitative estimate of drug-likeness (QED) is 0.627. The molecule has 3 aromatic rings. The molecule has 0 radical (unpaired) electrons. The SMILES string of the molecule is CC(Oc1ccc(Br)cc1Cl)c1noc(CCn2cccn2)n1. The third kappa shape index (κ3) is 4.11. The molecule has 0 bridgehead atoms. The molecule has 3 rings (SSSR count). The normalized spacial score (nSPS) is 12.3. The van der Waals surface area contributed by atoms with Crippen molar-refractivity contribution in [1.82, 2.24) is 19.9 Å². The number of hydrogen-bond donors (Lipinski definition) is 0. The van der Waals surface area contributed by atoms with Gasteiger partial charge in [-0.1, -0.05) is 32.7 Å². The lowest BCUT2D eigenvalue weighted by Crippen LogP contribution is -2.06. The fraction of sp³-hybridized carbons (Fsp3) is 0.267. The maximum atomic E-state index is 6.14. The average Bonchev–Trinajstić information content (AvgIpc) is 3.18. The third-order valence-electron chi connectivity index (χ3n) is 3.16. The standard InChI is InChI=1S/C15H14BrClN4O2/c1-10(22-13-4-3-11(16)9-12(13)17)15-19-14(23-20-15)5-8-21-7-2-6-18-21/h2-4,6-7,9-10H,5,8H2,1H3.